The van der Waals surface area contributed by atoms with Gasteiger partial charge in [0.2, 0.25) is 0 Å². The highest BCUT2D eigenvalue weighted by Gasteiger charge is 2.05. The van der Waals surface area contributed by atoms with Gasteiger partial charge >= 0.3 is 0 Å². The highest BCUT2D eigenvalue weighted by atomic mass is 19.1. The summed E-state index contributed by atoms with van der Waals surface area (Å²) in [5, 5.41) is 8.07. The van der Waals surface area contributed by atoms with Crippen LogP contribution in [0.15, 0.2) is 55.0 Å². The second-order valence-corrected chi connectivity index (χ2v) is 3.77. The number of nitrogens with zero attached hydrogens (tertiary/aromatic N) is 4. The number of hydrogen-bond donors (Lipinski definition) is 0. The molecule has 0 aliphatic heterocycles. The topological polar surface area (TPSA) is 43.6 Å². The van der Waals surface area contributed by atoms with Gasteiger partial charge in [0.05, 0.1) is 11.9 Å². The van der Waals surface area contributed by atoms with Gasteiger partial charge in [-0.15, -0.1) is 5.10 Å². The van der Waals surface area contributed by atoms with Crippen molar-refractivity contribution in [2.24, 2.45) is 0 Å². The van der Waals surface area contributed by atoms with E-state index in [0.29, 0.717) is 0 Å². The predicted molar refractivity (Wildman–Crippen MR) is 64.5 cm³/mol. The molecule has 88 valence electrons. The maximum atomic E-state index is 12.8. The second kappa shape index (κ2) is 4.37. The van der Waals surface area contributed by atoms with E-state index in [1.807, 2.05) is 12.1 Å². The monoisotopic (exact) mass is 240 g/mol. The third kappa shape index (κ3) is 1.98. The molecule has 0 saturated carbocycles. The lowest BCUT2D eigenvalue weighted by Gasteiger charge is -1.98. The highest BCUT2D eigenvalue weighted by Crippen LogP contribution is 2.16. The van der Waals surface area contributed by atoms with Crippen molar-refractivity contribution in [1.82, 2.24) is 20.0 Å². The van der Waals surface area contributed by atoms with Crippen LogP contribution in [0.3, 0.4) is 0 Å². The lowest BCUT2D eigenvalue weighted by Crippen LogP contribution is -1.94. The van der Waals surface area contributed by atoms with Crippen LogP contribution >= 0.6 is 0 Å². The number of rotatable bonds is 2. The van der Waals surface area contributed by atoms with Gasteiger partial charge in [-0.25, -0.2) is 9.07 Å². The normalized spacial score (nSPS) is 10.5. The zero-order valence-corrected chi connectivity index (χ0v) is 9.36. The van der Waals surface area contributed by atoms with Crippen molar-refractivity contribution in [2.45, 2.75) is 0 Å². The fourth-order valence-corrected chi connectivity index (χ4v) is 1.63. The van der Waals surface area contributed by atoms with Crippen LogP contribution in [0.25, 0.3) is 16.9 Å². The Balaban J connectivity index is 1.97. The third-order valence-corrected chi connectivity index (χ3v) is 2.54. The Bertz CT molecular complexity index is 646. The zero-order valence-electron chi connectivity index (χ0n) is 9.36. The van der Waals surface area contributed by atoms with Crippen LogP contribution in [-0.4, -0.2) is 20.0 Å². The van der Waals surface area contributed by atoms with E-state index in [1.165, 1.54) is 12.1 Å². The van der Waals surface area contributed by atoms with Crippen molar-refractivity contribution >= 4 is 0 Å². The quantitative estimate of drug-likeness (QED) is 0.691. The van der Waals surface area contributed by atoms with E-state index in [0.717, 1.165) is 16.9 Å². The molecule has 0 N–H and O–H groups in total. The number of aromatic nitrogens is 4. The summed E-state index contributed by atoms with van der Waals surface area (Å²) in [4.78, 5) is 4.03. The summed E-state index contributed by atoms with van der Waals surface area (Å²) in [6.45, 7) is 0. The molecule has 4 nitrogen and oxygen atoms in total. The Morgan fingerprint density at radius 1 is 1.06 bits per heavy atom. The Morgan fingerprint density at radius 2 is 1.89 bits per heavy atom. The summed E-state index contributed by atoms with van der Waals surface area (Å²) in [6, 6.07) is 9.83. The van der Waals surface area contributed by atoms with Crippen molar-refractivity contribution in [3.05, 3.63) is 60.8 Å². The Hall–Kier alpha value is -2.56. The van der Waals surface area contributed by atoms with E-state index in [4.69, 9.17) is 0 Å². The van der Waals surface area contributed by atoms with Crippen LogP contribution in [0.5, 0.6) is 0 Å². The molecule has 0 spiro atoms. The van der Waals surface area contributed by atoms with Gasteiger partial charge in [0.15, 0.2) is 0 Å². The number of halogens is 1. The first-order chi connectivity index (χ1) is 8.83. The van der Waals surface area contributed by atoms with Gasteiger partial charge in [-0.05, 0) is 36.4 Å². The van der Waals surface area contributed by atoms with Crippen molar-refractivity contribution in [3.8, 4) is 16.9 Å². The summed E-state index contributed by atoms with van der Waals surface area (Å²) in [6.07, 6.45) is 5.21. The van der Waals surface area contributed by atoms with Crippen molar-refractivity contribution in [2.75, 3.05) is 0 Å². The Morgan fingerprint density at radius 3 is 2.61 bits per heavy atom. The summed E-state index contributed by atoms with van der Waals surface area (Å²) >= 11 is 0. The van der Waals surface area contributed by atoms with E-state index in [1.54, 1.807) is 35.4 Å². The average Bonchev–Trinajstić information content (AvgIpc) is 2.90. The predicted octanol–water partition coefficient (Wildman–Crippen LogP) is 2.47. The molecule has 0 bridgehead atoms. The molecule has 0 atom stereocenters. The zero-order chi connectivity index (χ0) is 12.4. The molecule has 2 heterocycles. The summed E-state index contributed by atoms with van der Waals surface area (Å²) in [5.41, 5.74) is 2.39. The van der Waals surface area contributed by atoms with Gasteiger partial charge in [-0.1, -0.05) is 5.21 Å². The van der Waals surface area contributed by atoms with Gasteiger partial charge in [0.25, 0.3) is 0 Å². The fourth-order valence-electron chi connectivity index (χ4n) is 1.63. The van der Waals surface area contributed by atoms with Gasteiger partial charge in [-0.3, -0.25) is 4.98 Å². The average molecular weight is 240 g/mol. The SMILES string of the molecule is Fc1ccc(-n2cc(-c3cccnc3)nn2)cc1. The van der Waals surface area contributed by atoms with Crippen LogP contribution < -0.4 is 0 Å². The molecule has 0 unspecified atom stereocenters. The fraction of sp³-hybridized carbons (Fsp3) is 0. The molecule has 3 rings (SSSR count). The smallest absolute Gasteiger partial charge is 0.123 e. The standard InChI is InChI=1S/C13H9FN4/c14-11-3-5-12(6-4-11)18-9-13(16-17-18)10-2-1-7-15-8-10/h1-9H. The largest absolute Gasteiger partial charge is 0.264 e. The summed E-state index contributed by atoms with van der Waals surface area (Å²) < 4.78 is 14.4. The van der Waals surface area contributed by atoms with Gasteiger partial charge in [0, 0.05) is 18.0 Å². The van der Waals surface area contributed by atoms with Crippen molar-refractivity contribution < 1.29 is 4.39 Å². The van der Waals surface area contributed by atoms with Crippen molar-refractivity contribution in [3.63, 3.8) is 0 Å². The van der Waals surface area contributed by atoms with E-state index >= 15 is 0 Å². The molecular weight excluding hydrogens is 231 g/mol. The maximum Gasteiger partial charge on any atom is 0.123 e. The molecule has 0 amide bonds. The molecule has 0 aliphatic rings. The number of benzene rings is 1. The van der Waals surface area contributed by atoms with Crippen LogP contribution in [0, 0.1) is 5.82 Å². The van der Waals surface area contributed by atoms with Gasteiger partial charge < -0.3 is 0 Å². The molecule has 0 saturated heterocycles. The van der Waals surface area contributed by atoms with Gasteiger partial charge in [0.1, 0.15) is 11.5 Å². The van der Waals surface area contributed by atoms with Gasteiger partial charge in [-0.2, -0.15) is 0 Å². The van der Waals surface area contributed by atoms with Crippen LogP contribution in [0.4, 0.5) is 4.39 Å². The molecule has 1 aromatic carbocycles. The third-order valence-electron chi connectivity index (χ3n) is 2.54. The lowest BCUT2D eigenvalue weighted by atomic mass is 10.2. The molecule has 0 aliphatic carbocycles. The van der Waals surface area contributed by atoms with Crippen LogP contribution in [0.2, 0.25) is 0 Å². The molecule has 0 fully saturated rings. The molecule has 18 heavy (non-hydrogen) atoms. The molecule has 5 heteroatoms. The van der Waals surface area contributed by atoms with Crippen LogP contribution in [-0.2, 0) is 0 Å². The minimum absolute atomic E-state index is 0.272. The first-order valence-corrected chi connectivity index (χ1v) is 5.41. The minimum atomic E-state index is -0.272. The minimum Gasteiger partial charge on any atom is -0.264 e. The highest BCUT2D eigenvalue weighted by molar-refractivity contribution is 5.56. The number of hydrogen-bond acceptors (Lipinski definition) is 3. The molecule has 2 aromatic heterocycles. The summed E-state index contributed by atoms with van der Waals surface area (Å²) in [7, 11) is 0. The Kier molecular flexibility index (Phi) is 2.57. The first kappa shape index (κ1) is 10.6. The Labute approximate surface area is 103 Å². The van der Waals surface area contributed by atoms with E-state index in [-0.39, 0.29) is 5.82 Å². The first-order valence-electron chi connectivity index (χ1n) is 5.41. The maximum absolute atomic E-state index is 12.8. The summed E-state index contributed by atoms with van der Waals surface area (Å²) in [5.74, 6) is -0.272. The second-order valence-electron chi connectivity index (χ2n) is 3.77. The molecule has 0 radical (unpaired) electrons. The lowest BCUT2D eigenvalue weighted by molar-refractivity contribution is 0.626. The van der Waals surface area contributed by atoms with E-state index in [2.05, 4.69) is 15.3 Å². The van der Waals surface area contributed by atoms with Crippen LogP contribution in [0.1, 0.15) is 0 Å². The molecule has 3 aromatic rings. The molecular formula is C13H9FN4. The van der Waals surface area contributed by atoms with E-state index < -0.39 is 0 Å². The van der Waals surface area contributed by atoms with Crippen molar-refractivity contribution in [1.29, 1.82) is 0 Å². The number of pyridine rings is 1. The van der Waals surface area contributed by atoms with E-state index in [9.17, 15) is 4.39 Å².